The second-order valence-electron chi connectivity index (χ2n) is 11.2. The Bertz CT molecular complexity index is 1510. The Hall–Kier alpha value is -4.62. The summed E-state index contributed by atoms with van der Waals surface area (Å²) >= 11 is 6.09. The van der Waals surface area contributed by atoms with E-state index in [4.69, 9.17) is 21.1 Å². The quantitative estimate of drug-likeness (QED) is 0.0843. The lowest BCUT2D eigenvalue weighted by atomic mass is 9.96. The van der Waals surface area contributed by atoms with Crippen molar-refractivity contribution in [2.75, 3.05) is 31.7 Å². The lowest BCUT2D eigenvalue weighted by Crippen LogP contribution is -2.37. The van der Waals surface area contributed by atoms with Gasteiger partial charge in [0.1, 0.15) is 5.75 Å². The maximum absolute atomic E-state index is 14.2. The number of benzene rings is 4. The van der Waals surface area contributed by atoms with E-state index in [1.54, 1.807) is 43.2 Å². The number of carbonyl (C=O) groups is 3. The SMILES string of the molecule is CCOC(=O)CCCCCN(C(=O)CCCN(C(=O)c1ccc(Cl)cc1)c1ccc(OC)cc1)C(c1ccccc1)c1ccccc1. The fourth-order valence-electron chi connectivity index (χ4n) is 5.57. The van der Waals surface area contributed by atoms with Gasteiger partial charge in [0.25, 0.3) is 5.91 Å². The average molecular weight is 655 g/mol. The highest BCUT2D eigenvalue weighted by Gasteiger charge is 2.27. The van der Waals surface area contributed by atoms with Gasteiger partial charge < -0.3 is 19.3 Å². The molecule has 0 N–H and O–H groups in total. The largest absolute Gasteiger partial charge is 0.497 e. The van der Waals surface area contributed by atoms with Crippen molar-refractivity contribution in [1.29, 1.82) is 0 Å². The zero-order chi connectivity index (χ0) is 33.4. The van der Waals surface area contributed by atoms with Crippen LogP contribution in [0.1, 0.15) is 73.0 Å². The number of unbranched alkanes of at least 4 members (excludes halogenated alkanes) is 2. The van der Waals surface area contributed by atoms with Gasteiger partial charge in [-0.25, -0.2) is 0 Å². The third-order valence-electron chi connectivity index (χ3n) is 7.94. The van der Waals surface area contributed by atoms with Crippen LogP contribution in [0.2, 0.25) is 5.02 Å². The molecule has 0 saturated heterocycles. The monoisotopic (exact) mass is 654 g/mol. The van der Waals surface area contributed by atoms with Gasteiger partial charge in [-0.2, -0.15) is 0 Å². The molecule has 0 aromatic heterocycles. The highest BCUT2D eigenvalue weighted by molar-refractivity contribution is 6.30. The molecule has 0 aliphatic rings. The highest BCUT2D eigenvalue weighted by atomic mass is 35.5. The normalized spacial score (nSPS) is 10.8. The van der Waals surface area contributed by atoms with Crippen molar-refractivity contribution in [3.05, 3.63) is 131 Å². The fraction of sp³-hybridized carbons (Fsp3) is 0.308. The molecule has 4 aromatic carbocycles. The molecule has 8 heteroatoms. The number of hydrogen-bond acceptors (Lipinski definition) is 5. The molecular weight excluding hydrogens is 612 g/mol. The van der Waals surface area contributed by atoms with Crippen LogP contribution in [0.15, 0.2) is 109 Å². The van der Waals surface area contributed by atoms with Gasteiger partial charge in [-0.05, 0) is 85.8 Å². The minimum Gasteiger partial charge on any atom is -0.497 e. The van der Waals surface area contributed by atoms with Crippen LogP contribution in [-0.2, 0) is 14.3 Å². The Kier molecular flexibility index (Phi) is 13.9. The van der Waals surface area contributed by atoms with Crippen LogP contribution in [0, 0.1) is 0 Å². The lowest BCUT2D eigenvalue weighted by molar-refractivity contribution is -0.143. The summed E-state index contributed by atoms with van der Waals surface area (Å²) in [7, 11) is 1.60. The number of rotatable bonds is 17. The zero-order valence-electron chi connectivity index (χ0n) is 27.1. The molecule has 4 rings (SSSR count). The molecule has 7 nitrogen and oxygen atoms in total. The number of ether oxygens (including phenoxy) is 2. The van der Waals surface area contributed by atoms with Crippen molar-refractivity contribution in [3.63, 3.8) is 0 Å². The van der Waals surface area contributed by atoms with E-state index in [1.807, 2.05) is 65.6 Å². The number of hydrogen-bond donors (Lipinski definition) is 0. The van der Waals surface area contributed by atoms with E-state index in [2.05, 4.69) is 24.3 Å². The third kappa shape index (κ3) is 10.4. The number of carbonyl (C=O) groups excluding carboxylic acids is 3. The van der Waals surface area contributed by atoms with Crippen LogP contribution >= 0.6 is 11.6 Å². The predicted octanol–water partition coefficient (Wildman–Crippen LogP) is 8.52. The molecule has 0 atom stereocenters. The van der Waals surface area contributed by atoms with Gasteiger partial charge in [-0.1, -0.05) is 78.7 Å². The summed E-state index contributed by atoms with van der Waals surface area (Å²) in [5, 5.41) is 0.551. The van der Waals surface area contributed by atoms with Crippen LogP contribution in [0.25, 0.3) is 0 Å². The molecule has 0 fully saturated rings. The number of anilines is 1. The Morgan fingerprint density at radius 3 is 1.89 bits per heavy atom. The van der Waals surface area contributed by atoms with Crippen molar-refractivity contribution in [1.82, 2.24) is 4.90 Å². The molecule has 0 radical (unpaired) electrons. The summed E-state index contributed by atoms with van der Waals surface area (Å²) in [6.07, 6.45) is 3.31. The Labute approximate surface area is 283 Å². The summed E-state index contributed by atoms with van der Waals surface area (Å²) in [5.41, 5.74) is 3.27. The number of halogens is 1. The van der Waals surface area contributed by atoms with Gasteiger partial charge in [-0.3, -0.25) is 14.4 Å². The first kappa shape index (κ1) is 35.2. The first-order chi connectivity index (χ1) is 22.9. The van der Waals surface area contributed by atoms with Gasteiger partial charge in [-0.15, -0.1) is 0 Å². The second kappa shape index (κ2) is 18.5. The Morgan fingerprint density at radius 1 is 0.702 bits per heavy atom. The van der Waals surface area contributed by atoms with Gasteiger partial charge >= 0.3 is 5.97 Å². The molecule has 47 heavy (non-hydrogen) atoms. The number of methoxy groups -OCH3 is 1. The zero-order valence-corrected chi connectivity index (χ0v) is 27.9. The van der Waals surface area contributed by atoms with Crippen molar-refractivity contribution >= 4 is 35.1 Å². The van der Waals surface area contributed by atoms with Crippen molar-refractivity contribution in [3.8, 4) is 5.75 Å². The molecule has 0 unspecified atom stereocenters. The molecule has 4 aromatic rings. The standard InChI is InChI=1S/C39H43ClN2O5/c1-3-47-37(44)19-11-6-12-28-42(38(30-14-7-4-8-15-30)31-16-9-5-10-17-31)36(43)18-13-29-41(34-24-26-35(46-2)27-25-34)39(45)32-20-22-33(40)23-21-32/h4-5,7-10,14-17,20-27,38H,3,6,11-13,18-19,28-29H2,1-2H3. The van der Waals surface area contributed by atoms with Crippen LogP contribution in [-0.4, -0.2) is 49.5 Å². The Morgan fingerprint density at radius 2 is 1.32 bits per heavy atom. The lowest BCUT2D eigenvalue weighted by Gasteiger charge is -2.33. The van der Waals surface area contributed by atoms with E-state index >= 15 is 0 Å². The topological polar surface area (TPSA) is 76.2 Å². The molecule has 0 bridgehead atoms. The highest BCUT2D eigenvalue weighted by Crippen LogP contribution is 2.30. The van der Waals surface area contributed by atoms with Gasteiger partial charge in [0.15, 0.2) is 0 Å². The molecule has 0 aliphatic carbocycles. The predicted molar refractivity (Wildman–Crippen MR) is 187 cm³/mol. The number of esters is 1. The smallest absolute Gasteiger partial charge is 0.305 e. The van der Waals surface area contributed by atoms with E-state index in [0.29, 0.717) is 61.0 Å². The number of amides is 2. The van der Waals surface area contributed by atoms with Crippen LogP contribution in [0.4, 0.5) is 5.69 Å². The van der Waals surface area contributed by atoms with Crippen LogP contribution < -0.4 is 9.64 Å². The third-order valence-corrected chi connectivity index (χ3v) is 8.19. The summed E-state index contributed by atoms with van der Waals surface area (Å²) in [5.74, 6) is 0.320. The first-order valence-electron chi connectivity index (χ1n) is 16.2. The Balaban J connectivity index is 1.54. The minimum absolute atomic E-state index is 0.00159. The molecule has 0 spiro atoms. The second-order valence-corrected chi connectivity index (χ2v) is 11.6. The van der Waals surface area contributed by atoms with Crippen LogP contribution in [0.5, 0.6) is 5.75 Å². The average Bonchev–Trinajstić information content (AvgIpc) is 3.10. The van der Waals surface area contributed by atoms with E-state index in [1.165, 1.54) is 0 Å². The van der Waals surface area contributed by atoms with E-state index in [-0.39, 0.29) is 30.2 Å². The molecule has 0 heterocycles. The molecule has 0 saturated carbocycles. The van der Waals surface area contributed by atoms with Gasteiger partial charge in [0.2, 0.25) is 5.91 Å². The van der Waals surface area contributed by atoms with Gasteiger partial charge in [0, 0.05) is 42.2 Å². The minimum atomic E-state index is -0.275. The van der Waals surface area contributed by atoms with E-state index in [0.717, 1.165) is 24.0 Å². The van der Waals surface area contributed by atoms with E-state index in [9.17, 15) is 14.4 Å². The molecule has 0 aliphatic heterocycles. The van der Waals surface area contributed by atoms with Crippen molar-refractivity contribution < 1.29 is 23.9 Å². The summed E-state index contributed by atoms with van der Waals surface area (Å²) < 4.78 is 10.4. The summed E-state index contributed by atoms with van der Waals surface area (Å²) in [6, 6.07) is 34.0. The maximum Gasteiger partial charge on any atom is 0.305 e. The molecule has 246 valence electrons. The number of nitrogens with zero attached hydrogens (tertiary/aromatic N) is 2. The van der Waals surface area contributed by atoms with E-state index < -0.39 is 0 Å². The molecular formula is C39H43ClN2O5. The molecule has 2 amide bonds. The van der Waals surface area contributed by atoms with Crippen molar-refractivity contribution in [2.45, 2.75) is 51.5 Å². The summed E-state index contributed by atoms with van der Waals surface area (Å²) in [6.45, 7) is 3.05. The fourth-order valence-corrected chi connectivity index (χ4v) is 5.70. The van der Waals surface area contributed by atoms with Gasteiger partial charge in [0.05, 0.1) is 19.8 Å². The summed E-state index contributed by atoms with van der Waals surface area (Å²) in [4.78, 5) is 43.4. The first-order valence-corrected chi connectivity index (χ1v) is 16.6. The maximum atomic E-state index is 14.2. The van der Waals surface area contributed by atoms with Crippen molar-refractivity contribution in [2.24, 2.45) is 0 Å². The van der Waals surface area contributed by atoms with Crippen LogP contribution in [0.3, 0.4) is 0 Å².